The summed E-state index contributed by atoms with van der Waals surface area (Å²) in [4.78, 5) is 15.2. The molecule has 0 aliphatic carbocycles. The summed E-state index contributed by atoms with van der Waals surface area (Å²) in [6, 6.07) is 5.49. The lowest BCUT2D eigenvalue weighted by Gasteiger charge is -2.08. The van der Waals surface area contributed by atoms with Crippen LogP contribution in [0.1, 0.15) is 10.4 Å². The fourth-order valence-corrected chi connectivity index (χ4v) is 2.14. The minimum Gasteiger partial charge on any atom is -0.478 e. The van der Waals surface area contributed by atoms with Crippen LogP contribution in [-0.2, 0) is 0 Å². The van der Waals surface area contributed by atoms with Gasteiger partial charge in [0.25, 0.3) is 0 Å². The molecule has 0 aliphatic rings. The number of halogens is 3. The van der Waals surface area contributed by atoms with E-state index in [-0.39, 0.29) is 16.6 Å². The highest BCUT2D eigenvalue weighted by molar-refractivity contribution is 6.01. The number of hydrogen-bond acceptors (Lipinski definition) is 2. The van der Waals surface area contributed by atoms with E-state index in [1.165, 1.54) is 18.2 Å². The van der Waals surface area contributed by atoms with Crippen molar-refractivity contribution in [3.63, 3.8) is 0 Å². The third-order valence-corrected chi connectivity index (χ3v) is 3.03. The number of para-hydroxylation sites is 1. The second kappa shape index (κ2) is 4.62. The van der Waals surface area contributed by atoms with E-state index in [2.05, 4.69) is 4.98 Å². The van der Waals surface area contributed by atoms with Crippen molar-refractivity contribution in [2.75, 3.05) is 0 Å². The number of fused-ring (bicyclic) bond motifs is 1. The van der Waals surface area contributed by atoms with Crippen LogP contribution in [0.15, 0.2) is 36.7 Å². The third kappa shape index (κ3) is 2.03. The maximum absolute atomic E-state index is 13.9. The van der Waals surface area contributed by atoms with Gasteiger partial charge in [-0.3, -0.25) is 4.57 Å². The smallest absolute Gasteiger partial charge is 0.337 e. The number of aromatic nitrogens is 2. The molecule has 4 nitrogen and oxygen atoms in total. The Labute approximate surface area is 116 Å². The molecule has 0 saturated carbocycles. The summed E-state index contributed by atoms with van der Waals surface area (Å²) in [7, 11) is 0. The number of carboxylic acid groups (broad SMARTS) is 1. The Hall–Kier alpha value is -2.83. The molecule has 7 heteroatoms. The molecule has 21 heavy (non-hydrogen) atoms. The predicted molar refractivity (Wildman–Crippen MR) is 67.9 cm³/mol. The summed E-state index contributed by atoms with van der Waals surface area (Å²) in [6.07, 6.45) is 1.12. The standard InChI is InChI=1S/C14H7F3N2O2/c15-7-4-9(16)12(17)11(5-7)19-6-18-10-3-1-2-8(13(10)19)14(20)21/h1-6H,(H,20,21). The average molecular weight is 292 g/mol. The Morgan fingerprint density at radius 3 is 2.67 bits per heavy atom. The Bertz CT molecular complexity index is 874. The molecule has 0 amide bonds. The number of carboxylic acids is 1. The van der Waals surface area contributed by atoms with Crippen LogP contribution in [0.25, 0.3) is 16.7 Å². The molecular formula is C14H7F3N2O2. The molecule has 0 aliphatic heterocycles. The zero-order valence-corrected chi connectivity index (χ0v) is 10.3. The SMILES string of the molecule is O=C(O)c1cccc2ncn(-c3cc(F)cc(F)c3F)c12. The van der Waals surface area contributed by atoms with Gasteiger partial charge in [0.2, 0.25) is 0 Å². The van der Waals surface area contributed by atoms with Crippen molar-refractivity contribution < 1.29 is 23.1 Å². The normalized spacial score (nSPS) is 11.0. The molecule has 0 atom stereocenters. The Balaban J connectivity index is 2.39. The van der Waals surface area contributed by atoms with Gasteiger partial charge in [0.05, 0.1) is 22.3 Å². The van der Waals surface area contributed by atoms with Crippen LogP contribution < -0.4 is 0 Å². The number of hydrogen-bond donors (Lipinski definition) is 1. The summed E-state index contributed by atoms with van der Waals surface area (Å²) in [5.41, 5.74) is -0.245. The largest absolute Gasteiger partial charge is 0.478 e. The first kappa shape index (κ1) is 13.2. The van der Waals surface area contributed by atoms with Crippen LogP contribution in [0.2, 0.25) is 0 Å². The van der Waals surface area contributed by atoms with E-state index in [4.69, 9.17) is 5.11 Å². The summed E-state index contributed by atoms with van der Waals surface area (Å²) in [5.74, 6) is -4.87. The number of rotatable bonds is 2. The fraction of sp³-hybridized carbons (Fsp3) is 0. The van der Waals surface area contributed by atoms with E-state index in [1.807, 2.05) is 0 Å². The molecule has 1 N–H and O–H groups in total. The van der Waals surface area contributed by atoms with E-state index in [0.717, 1.165) is 17.0 Å². The predicted octanol–water partition coefficient (Wildman–Crippen LogP) is 3.14. The van der Waals surface area contributed by atoms with Gasteiger partial charge in [-0.2, -0.15) is 0 Å². The minimum absolute atomic E-state index is 0.0638. The van der Waals surface area contributed by atoms with Crippen LogP contribution in [-0.4, -0.2) is 20.6 Å². The van der Waals surface area contributed by atoms with E-state index in [0.29, 0.717) is 6.07 Å². The number of carbonyl (C=O) groups is 1. The molecule has 2 aromatic carbocycles. The third-order valence-electron chi connectivity index (χ3n) is 3.03. The van der Waals surface area contributed by atoms with Gasteiger partial charge >= 0.3 is 5.97 Å². The highest BCUT2D eigenvalue weighted by Gasteiger charge is 2.18. The van der Waals surface area contributed by atoms with Crippen LogP contribution in [0, 0.1) is 17.5 Å². The van der Waals surface area contributed by atoms with Crippen molar-refractivity contribution in [1.82, 2.24) is 9.55 Å². The lowest BCUT2D eigenvalue weighted by atomic mass is 10.1. The molecule has 0 spiro atoms. The summed E-state index contributed by atoms with van der Waals surface area (Å²) < 4.78 is 41.5. The van der Waals surface area contributed by atoms with Gasteiger partial charge < -0.3 is 5.11 Å². The van der Waals surface area contributed by atoms with Crippen molar-refractivity contribution in [2.24, 2.45) is 0 Å². The average Bonchev–Trinajstić information content (AvgIpc) is 2.86. The molecule has 0 fully saturated rings. The molecule has 3 aromatic rings. The summed E-state index contributed by atoms with van der Waals surface area (Å²) in [6.45, 7) is 0. The van der Waals surface area contributed by atoms with Crippen molar-refractivity contribution in [1.29, 1.82) is 0 Å². The Morgan fingerprint density at radius 2 is 1.95 bits per heavy atom. The minimum atomic E-state index is -1.36. The molecule has 0 radical (unpaired) electrons. The van der Waals surface area contributed by atoms with Crippen molar-refractivity contribution in [2.45, 2.75) is 0 Å². The second-order valence-electron chi connectivity index (χ2n) is 4.31. The fourth-order valence-electron chi connectivity index (χ4n) is 2.14. The lowest BCUT2D eigenvalue weighted by molar-refractivity contribution is 0.0698. The van der Waals surface area contributed by atoms with E-state index >= 15 is 0 Å². The Kier molecular flexibility index (Phi) is 2.90. The summed E-state index contributed by atoms with van der Waals surface area (Å²) in [5, 5.41) is 9.17. The molecule has 0 saturated heterocycles. The first-order valence-corrected chi connectivity index (χ1v) is 5.83. The maximum atomic E-state index is 13.9. The van der Waals surface area contributed by atoms with Gasteiger partial charge in [-0.05, 0) is 12.1 Å². The van der Waals surface area contributed by atoms with Crippen LogP contribution in [0.5, 0.6) is 0 Å². The molecular weight excluding hydrogens is 285 g/mol. The van der Waals surface area contributed by atoms with Gasteiger partial charge in [-0.25, -0.2) is 22.9 Å². The molecule has 3 rings (SSSR count). The van der Waals surface area contributed by atoms with Crippen molar-refractivity contribution in [3.05, 3.63) is 59.7 Å². The quantitative estimate of drug-likeness (QED) is 0.738. The van der Waals surface area contributed by atoms with E-state index in [9.17, 15) is 18.0 Å². The number of aromatic carboxylic acids is 1. The van der Waals surface area contributed by atoms with Crippen LogP contribution in [0.3, 0.4) is 0 Å². The lowest BCUT2D eigenvalue weighted by Crippen LogP contribution is -2.04. The highest BCUT2D eigenvalue weighted by Crippen LogP contribution is 2.25. The van der Waals surface area contributed by atoms with E-state index < -0.39 is 29.1 Å². The number of imidazole rings is 1. The van der Waals surface area contributed by atoms with Crippen LogP contribution >= 0.6 is 0 Å². The molecule has 1 heterocycles. The first-order chi connectivity index (χ1) is 9.99. The monoisotopic (exact) mass is 292 g/mol. The van der Waals surface area contributed by atoms with Gasteiger partial charge in [0.15, 0.2) is 11.6 Å². The topological polar surface area (TPSA) is 55.1 Å². The van der Waals surface area contributed by atoms with Gasteiger partial charge in [0, 0.05) is 12.1 Å². The Morgan fingerprint density at radius 1 is 1.19 bits per heavy atom. The zero-order valence-electron chi connectivity index (χ0n) is 10.3. The molecule has 0 unspecified atom stereocenters. The molecule has 106 valence electrons. The number of benzene rings is 2. The molecule has 1 aromatic heterocycles. The van der Waals surface area contributed by atoms with Gasteiger partial charge in [-0.1, -0.05) is 6.07 Å². The molecule has 0 bridgehead atoms. The highest BCUT2D eigenvalue weighted by atomic mass is 19.2. The van der Waals surface area contributed by atoms with Gasteiger partial charge in [0.1, 0.15) is 12.1 Å². The zero-order chi connectivity index (χ0) is 15.1. The summed E-state index contributed by atoms with van der Waals surface area (Å²) >= 11 is 0. The second-order valence-corrected chi connectivity index (χ2v) is 4.31. The first-order valence-electron chi connectivity index (χ1n) is 5.83. The van der Waals surface area contributed by atoms with Crippen molar-refractivity contribution in [3.8, 4) is 5.69 Å². The van der Waals surface area contributed by atoms with Crippen molar-refractivity contribution >= 4 is 17.0 Å². The number of nitrogens with zero attached hydrogens (tertiary/aromatic N) is 2. The van der Waals surface area contributed by atoms with E-state index in [1.54, 1.807) is 0 Å². The van der Waals surface area contributed by atoms with Gasteiger partial charge in [-0.15, -0.1) is 0 Å². The van der Waals surface area contributed by atoms with Crippen LogP contribution in [0.4, 0.5) is 13.2 Å². The maximum Gasteiger partial charge on any atom is 0.337 e.